The normalized spacial score (nSPS) is 15.3. The minimum Gasteiger partial charge on any atom is -0.497 e. The molecule has 4 amide bonds. The van der Waals surface area contributed by atoms with Gasteiger partial charge >= 0.3 is 6.03 Å². The van der Waals surface area contributed by atoms with Crippen LogP contribution in [0.5, 0.6) is 5.75 Å². The molecule has 2 heterocycles. The van der Waals surface area contributed by atoms with Crippen LogP contribution in [-0.2, 0) is 0 Å². The van der Waals surface area contributed by atoms with Gasteiger partial charge in [-0.3, -0.25) is 9.59 Å². The summed E-state index contributed by atoms with van der Waals surface area (Å²) >= 11 is 0. The largest absolute Gasteiger partial charge is 0.497 e. The highest BCUT2D eigenvalue weighted by molar-refractivity contribution is 6.06. The Bertz CT molecular complexity index is 1390. The zero-order chi connectivity index (χ0) is 28.8. The van der Waals surface area contributed by atoms with Gasteiger partial charge in [-0.25, -0.2) is 4.79 Å². The number of nitrogens with one attached hydrogen (secondary N) is 2. The van der Waals surface area contributed by atoms with Crippen LogP contribution in [-0.4, -0.2) is 74.0 Å². The van der Waals surface area contributed by atoms with E-state index in [4.69, 9.17) is 4.74 Å². The van der Waals surface area contributed by atoms with Gasteiger partial charge in [0, 0.05) is 61.9 Å². The van der Waals surface area contributed by atoms with Crippen molar-refractivity contribution in [2.24, 2.45) is 0 Å². The van der Waals surface area contributed by atoms with Gasteiger partial charge in [-0.1, -0.05) is 23.8 Å². The fourth-order valence-electron chi connectivity index (χ4n) is 5.29. The predicted octanol–water partition coefficient (Wildman–Crippen LogP) is 5.24. The maximum Gasteiger partial charge on any atom is 0.321 e. The fourth-order valence-corrected chi connectivity index (χ4v) is 5.29. The number of piperazine rings is 1. The first kappa shape index (κ1) is 28.0. The molecule has 0 radical (unpaired) electrons. The molecule has 2 saturated heterocycles. The highest BCUT2D eigenvalue weighted by Crippen LogP contribution is 2.29. The second kappa shape index (κ2) is 12.8. The van der Waals surface area contributed by atoms with Crippen LogP contribution in [0.1, 0.15) is 45.5 Å². The summed E-state index contributed by atoms with van der Waals surface area (Å²) < 4.78 is 5.25. The number of likely N-dealkylation sites (tertiary alicyclic amines) is 1. The zero-order valence-corrected chi connectivity index (χ0v) is 23.7. The number of urea groups is 1. The minimum atomic E-state index is -0.277. The SMILES string of the molecule is COc1cccc(C(=O)Nc2ccc(N3CCN(C(=O)Nc4ccc(C)cc4)CC3)c(C(=O)N3CCCCC3)c2)c1. The molecule has 9 heteroatoms. The Kier molecular flexibility index (Phi) is 8.72. The van der Waals surface area contributed by atoms with Gasteiger partial charge in [0.15, 0.2) is 0 Å². The van der Waals surface area contributed by atoms with E-state index in [1.54, 1.807) is 42.3 Å². The van der Waals surface area contributed by atoms with E-state index in [0.717, 1.165) is 49.3 Å². The number of anilines is 3. The molecule has 5 rings (SSSR count). The van der Waals surface area contributed by atoms with E-state index < -0.39 is 0 Å². The average molecular weight is 556 g/mol. The number of ether oxygens (including phenoxy) is 1. The van der Waals surface area contributed by atoms with E-state index in [-0.39, 0.29) is 17.8 Å². The second-order valence-electron chi connectivity index (χ2n) is 10.5. The Morgan fingerprint density at radius 3 is 2.15 bits per heavy atom. The van der Waals surface area contributed by atoms with Gasteiger partial charge < -0.3 is 30.1 Å². The molecular weight excluding hydrogens is 518 g/mol. The quantitative estimate of drug-likeness (QED) is 0.434. The number of aryl methyl sites for hydroxylation is 1. The van der Waals surface area contributed by atoms with Gasteiger partial charge in [0.05, 0.1) is 12.7 Å². The molecule has 2 aliphatic rings. The number of carbonyl (C=O) groups is 3. The molecular formula is C32H37N5O4. The number of hydrogen-bond donors (Lipinski definition) is 2. The maximum atomic E-state index is 13.7. The highest BCUT2D eigenvalue weighted by Gasteiger charge is 2.27. The number of amides is 4. The number of hydrogen-bond acceptors (Lipinski definition) is 5. The summed E-state index contributed by atoms with van der Waals surface area (Å²) in [6.45, 7) is 5.72. The summed E-state index contributed by atoms with van der Waals surface area (Å²) in [5.74, 6) is 0.290. The lowest BCUT2D eigenvalue weighted by Gasteiger charge is -2.37. The van der Waals surface area contributed by atoms with E-state index in [0.29, 0.717) is 48.7 Å². The summed E-state index contributed by atoms with van der Waals surface area (Å²) in [4.78, 5) is 45.5. The molecule has 0 aromatic heterocycles. The van der Waals surface area contributed by atoms with Crippen LogP contribution in [0.2, 0.25) is 0 Å². The lowest BCUT2D eigenvalue weighted by molar-refractivity contribution is 0.0724. The first-order valence-electron chi connectivity index (χ1n) is 14.2. The monoisotopic (exact) mass is 555 g/mol. The van der Waals surface area contributed by atoms with Crippen LogP contribution in [0, 0.1) is 6.92 Å². The molecule has 3 aromatic rings. The van der Waals surface area contributed by atoms with Gasteiger partial charge in [-0.15, -0.1) is 0 Å². The van der Waals surface area contributed by atoms with Gasteiger partial charge in [0.2, 0.25) is 0 Å². The third kappa shape index (κ3) is 6.80. The summed E-state index contributed by atoms with van der Waals surface area (Å²) in [5.41, 5.74) is 4.31. The molecule has 2 fully saturated rings. The van der Waals surface area contributed by atoms with Crippen molar-refractivity contribution in [1.82, 2.24) is 9.80 Å². The van der Waals surface area contributed by atoms with Crippen LogP contribution in [0.3, 0.4) is 0 Å². The Labute approximate surface area is 241 Å². The molecule has 214 valence electrons. The summed E-state index contributed by atoms with van der Waals surface area (Å²) in [6.07, 6.45) is 3.10. The third-order valence-electron chi connectivity index (χ3n) is 7.67. The van der Waals surface area contributed by atoms with E-state index in [9.17, 15) is 14.4 Å². The molecule has 2 aliphatic heterocycles. The Balaban J connectivity index is 1.32. The van der Waals surface area contributed by atoms with Gasteiger partial charge in [-0.2, -0.15) is 0 Å². The molecule has 9 nitrogen and oxygen atoms in total. The first-order chi connectivity index (χ1) is 19.9. The van der Waals surface area contributed by atoms with Crippen molar-refractivity contribution in [1.29, 1.82) is 0 Å². The van der Waals surface area contributed by atoms with Crippen LogP contribution in [0.15, 0.2) is 66.7 Å². The van der Waals surface area contributed by atoms with Crippen molar-refractivity contribution in [3.63, 3.8) is 0 Å². The van der Waals surface area contributed by atoms with Gasteiger partial charge in [0.1, 0.15) is 5.75 Å². The lowest BCUT2D eigenvalue weighted by atomic mass is 10.1. The number of methoxy groups -OCH3 is 1. The molecule has 0 aliphatic carbocycles. The molecule has 0 atom stereocenters. The van der Waals surface area contributed by atoms with Crippen molar-refractivity contribution in [2.45, 2.75) is 26.2 Å². The van der Waals surface area contributed by atoms with E-state index in [1.807, 2.05) is 48.2 Å². The fraction of sp³-hybridized carbons (Fsp3) is 0.344. The molecule has 0 unspecified atom stereocenters. The van der Waals surface area contributed by atoms with Crippen LogP contribution in [0.4, 0.5) is 21.9 Å². The molecule has 2 N–H and O–H groups in total. The van der Waals surface area contributed by atoms with E-state index in [1.165, 1.54) is 0 Å². The lowest BCUT2D eigenvalue weighted by Crippen LogP contribution is -2.50. The summed E-state index contributed by atoms with van der Waals surface area (Å²) in [6, 6.07) is 20.1. The summed E-state index contributed by atoms with van der Waals surface area (Å²) in [7, 11) is 1.56. The first-order valence-corrected chi connectivity index (χ1v) is 14.2. The topological polar surface area (TPSA) is 94.2 Å². The Hall–Kier alpha value is -4.53. The smallest absolute Gasteiger partial charge is 0.321 e. The maximum absolute atomic E-state index is 13.7. The number of nitrogens with zero attached hydrogens (tertiary/aromatic N) is 3. The minimum absolute atomic E-state index is 0.0308. The van der Waals surface area contributed by atoms with Gasteiger partial charge in [0.25, 0.3) is 11.8 Å². The van der Waals surface area contributed by atoms with E-state index >= 15 is 0 Å². The van der Waals surface area contributed by atoms with Crippen molar-refractivity contribution >= 4 is 34.9 Å². The van der Waals surface area contributed by atoms with Crippen LogP contribution >= 0.6 is 0 Å². The van der Waals surface area contributed by atoms with Crippen molar-refractivity contribution in [3.8, 4) is 5.75 Å². The number of benzene rings is 3. The highest BCUT2D eigenvalue weighted by atomic mass is 16.5. The Morgan fingerprint density at radius 2 is 1.44 bits per heavy atom. The van der Waals surface area contributed by atoms with Gasteiger partial charge in [-0.05, 0) is 74.7 Å². The van der Waals surface area contributed by atoms with Crippen LogP contribution < -0.4 is 20.3 Å². The summed E-state index contributed by atoms with van der Waals surface area (Å²) in [5, 5.41) is 5.91. The van der Waals surface area contributed by atoms with Crippen molar-refractivity contribution in [2.75, 3.05) is 61.9 Å². The number of rotatable bonds is 6. The predicted molar refractivity (Wildman–Crippen MR) is 161 cm³/mol. The third-order valence-corrected chi connectivity index (χ3v) is 7.67. The molecule has 0 spiro atoms. The Morgan fingerprint density at radius 1 is 0.732 bits per heavy atom. The standard InChI is InChI=1S/C32H37N5O4/c1-23-9-11-25(12-10-23)34-32(40)37-19-17-35(18-20-37)29-14-13-26(22-28(29)31(39)36-15-4-3-5-16-36)33-30(38)24-7-6-8-27(21-24)41-2/h6-14,21-22H,3-5,15-20H2,1-2H3,(H,33,38)(H,34,40). The molecule has 41 heavy (non-hydrogen) atoms. The average Bonchev–Trinajstić information content (AvgIpc) is 3.02. The molecule has 0 bridgehead atoms. The molecule has 3 aromatic carbocycles. The van der Waals surface area contributed by atoms with E-state index in [2.05, 4.69) is 15.5 Å². The number of piperidine rings is 1. The number of carbonyl (C=O) groups excluding carboxylic acids is 3. The molecule has 0 saturated carbocycles. The zero-order valence-electron chi connectivity index (χ0n) is 23.7. The van der Waals surface area contributed by atoms with Crippen LogP contribution in [0.25, 0.3) is 0 Å². The second-order valence-corrected chi connectivity index (χ2v) is 10.5. The van der Waals surface area contributed by atoms with Crippen molar-refractivity contribution in [3.05, 3.63) is 83.4 Å². The van der Waals surface area contributed by atoms with Crippen molar-refractivity contribution < 1.29 is 19.1 Å².